The number of rotatable bonds is 8. The Morgan fingerprint density at radius 1 is 1.03 bits per heavy atom. The Morgan fingerprint density at radius 3 is 2.41 bits per heavy atom. The fourth-order valence-electron chi connectivity index (χ4n) is 4.49. The molecule has 0 unspecified atom stereocenters. The quantitative estimate of drug-likeness (QED) is 0.286. The van der Waals surface area contributed by atoms with E-state index in [2.05, 4.69) is 32.7 Å². The number of methoxy groups -OCH3 is 1. The van der Waals surface area contributed by atoms with Gasteiger partial charge in [-0.3, -0.25) is 4.79 Å². The Bertz CT molecular complexity index is 1500. The average Bonchev–Trinajstić information content (AvgIpc) is 3.33. The van der Waals surface area contributed by atoms with Crippen molar-refractivity contribution in [1.29, 1.82) is 0 Å². The van der Waals surface area contributed by atoms with Gasteiger partial charge in [0.15, 0.2) is 18.1 Å². The molecule has 0 bridgehead atoms. The molecule has 1 amide bonds. The van der Waals surface area contributed by atoms with Gasteiger partial charge in [0.05, 0.1) is 12.6 Å². The Balaban J connectivity index is 1.23. The second-order valence-corrected chi connectivity index (χ2v) is 9.11. The molecule has 39 heavy (non-hydrogen) atoms. The lowest BCUT2D eigenvalue weighted by Gasteiger charge is -2.14. The average molecular weight is 535 g/mol. The summed E-state index contributed by atoms with van der Waals surface area (Å²) in [6, 6.07) is 18.6. The summed E-state index contributed by atoms with van der Waals surface area (Å²) in [5.41, 5.74) is 4.50. The lowest BCUT2D eigenvalue weighted by Crippen LogP contribution is -2.34. The van der Waals surface area contributed by atoms with E-state index in [0.29, 0.717) is 16.7 Å². The Labute approximate surface area is 222 Å². The van der Waals surface area contributed by atoms with Crippen molar-refractivity contribution in [2.75, 3.05) is 19.0 Å². The minimum Gasteiger partial charge on any atom is -0.493 e. The largest absolute Gasteiger partial charge is 0.493 e. The summed E-state index contributed by atoms with van der Waals surface area (Å²) in [7, 11) is 1.34. The highest BCUT2D eigenvalue weighted by Gasteiger charge is 2.29. The van der Waals surface area contributed by atoms with Gasteiger partial charge < -0.3 is 20.1 Å². The fraction of sp³-hybridized carbons (Fsp3) is 0.207. The molecule has 7 nitrogen and oxygen atoms in total. The number of carbonyl (C=O) groups is 1. The number of nitrogens with one attached hydrogen (secondary N) is 2. The van der Waals surface area contributed by atoms with Crippen LogP contribution in [0.5, 0.6) is 11.5 Å². The molecule has 5 rings (SSSR count). The van der Waals surface area contributed by atoms with Gasteiger partial charge in [-0.1, -0.05) is 36.4 Å². The topological polar surface area (TPSA) is 85.4 Å². The normalized spacial score (nSPS) is 13.4. The van der Waals surface area contributed by atoms with E-state index in [4.69, 9.17) is 9.47 Å². The molecule has 1 aliphatic carbocycles. The molecule has 200 valence electrons. The van der Waals surface area contributed by atoms with Gasteiger partial charge in [0.2, 0.25) is 5.91 Å². The summed E-state index contributed by atoms with van der Waals surface area (Å²) >= 11 is 0. The third kappa shape index (κ3) is 6.46. The summed E-state index contributed by atoms with van der Waals surface area (Å²) in [5.74, 6) is 0.366. The lowest BCUT2D eigenvalue weighted by atomic mass is 10.1. The van der Waals surface area contributed by atoms with Gasteiger partial charge in [-0.25, -0.2) is 9.97 Å². The van der Waals surface area contributed by atoms with E-state index in [0.717, 1.165) is 24.1 Å². The summed E-state index contributed by atoms with van der Waals surface area (Å²) in [5, 5.41) is 6.80. The number of hydrogen-bond donors (Lipinski definition) is 2. The van der Waals surface area contributed by atoms with Gasteiger partial charge in [0.1, 0.15) is 12.1 Å². The van der Waals surface area contributed by atoms with E-state index in [1.54, 1.807) is 6.08 Å². The van der Waals surface area contributed by atoms with Crippen LogP contribution in [0.4, 0.5) is 24.7 Å². The molecular formula is C29H25F3N4O3. The van der Waals surface area contributed by atoms with Crippen LogP contribution in [0.2, 0.25) is 0 Å². The molecule has 0 aliphatic heterocycles. The van der Waals surface area contributed by atoms with Gasteiger partial charge in [0.25, 0.3) is 0 Å². The number of nitrogens with zero attached hydrogens (tertiary/aromatic N) is 2. The van der Waals surface area contributed by atoms with Crippen LogP contribution in [0, 0.1) is 0 Å². The van der Waals surface area contributed by atoms with Crippen LogP contribution >= 0.6 is 0 Å². The summed E-state index contributed by atoms with van der Waals surface area (Å²) in [4.78, 5) is 20.8. The number of hydrogen-bond acceptors (Lipinski definition) is 6. The molecule has 0 radical (unpaired) electrons. The minimum atomic E-state index is -4.48. The maximum Gasteiger partial charge on any atom is 0.422 e. The minimum absolute atomic E-state index is 0.0652. The number of anilines is 2. The first-order chi connectivity index (χ1) is 18.8. The molecule has 10 heteroatoms. The van der Waals surface area contributed by atoms with Crippen LogP contribution < -0.4 is 20.1 Å². The smallest absolute Gasteiger partial charge is 0.422 e. The molecule has 1 aromatic heterocycles. The number of carbonyl (C=O) groups excluding carboxylic acids is 1. The van der Waals surface area contributed by atoms with Gasteiger partial charge in [-0.15, -0.1) is 0 Å². The van der Waals surface area contributed by atoms with E-state index in [9.17, 15) is 18.0 Å². The molecule has 1 aliphatic rings. The summed E-state index contributed by atoms with van der Waals surface area (Å²) in [6.07, 6.45) is 1.77. The zero-order valence-electron chi connectivity index (χ0n) is 21.0. The number of amides is 1. The number of ether oxygens (including phenoxy) is 2. The van der Waals surface area contributed by atoms with Crippen molar-refractivity contribution < 1.29 is 27.4 Å². The highest BCUT2D eigenvalue weighted by atomic mass is 19.4. The number of fused-ring (bicyclic) bond motifs is 2. The first-order valence-electron chi connectivity index (χ1n) is 12.2. The number of benzene rings is 3. The monoisotopic (exact) mass is 534 g/mol. The van der Waals surface area contributed by atoms with Crippen LogP contribution in [-0.2, 0) is 17.6 Å². The SMILES string of the molecule is COc1cc2c(Nc3ccc(C=CC(=O)NC4Cc5ccccc5C4)cc3)ncnc2cc1OCC(F)(F)F. The molecule has 2 N–H and O–H groups in total. The predicted molar refractivity (Wildman–Crippen MR) is 142 cm³/mol. The van der Waals surface area contributed by atoms with E-state index in [1.165, 1.54) is 42.8 Å². The Morgan fingerprint density at radius 2 is 1.74 bits per heavy atom. The maximum atomic E-state index is 12.6. The van der Waals surface area contributed by atoms with Crippen LogP contribution in [0.1, 0.15) is 16.7 Å². The van der Waals surface area contributed by atoms with Crippen molar-refractivity contribution in [2.45, 2.75) is 25.1 Å². The highest BCUT2D eigenvalue weighted by Crippen LogP contribution is 2.35. The zero-order chi connectivity index (χ0) is 27.4. The van der Waals surface area contributed by atoms with Crippen LogP contribution in [0.15, 0.2) is 73.1 Å². The molecule has 3 aromatic carbocycles. The molecule has 0 saturated carbocycles. The van der Waals surface area contributed by atoms with E-state index < -0.39 is 12.8 Å². The fourth-order valence-corrected chi connectivity index (χ4v) is 4.49. The van der Waals surface area contributed by atoms with Crippen molar-refractivity contribution >= 4 is 34.4 Å². The van der Waals surface area contributed by atoms with Crippen molar-refractivity contribution in [2.24, 2.45) is 0 Å². The van der Waals surface area contributed by atoms with E-state index in [-0.39, 0.29) is 23.4 Å². The first kappa shape index (κ1) is 26.0. The van der Waals surface area contributed by atoms with Gasteiger partial charge >= 0.3 is 6.18 Å². The molecule has 4 aromatic rings. The standard InChI is InChI=1S/C29H25F3N4O3/c1-38-25-14-23-24(15-26(25)39-16-29(30,31)32)33-17-34-28(23)36-21-9-6-18(7-10-21)8-11-27(37)35-22-12-19-4-2-3-5-20(19)13-22/h2-11,14-15,17,22H,12-13,16H2,1H3,(H,35,37)(H,33,34,36). The molecule has 0 atom stereocenters. The van der Waals surface area contributed by atoms with Crippen LogP contribution in [0.3, 0.4) is 0 Å². The van der Waals surface area contributed by atoms with Crippen LogP contribution in [0.25, 0.3) is 17.0 Å². The lowest BCUT2D eigenvalue weighted by molar-refractivity contribution is -0.153. The molecule has 0 spiro atoms. The third-order valence-electron chi connectivity index (χ3n) is 6.31. The maximum absolute atomic E-state index is 12.6. The second kappa shape index (κ2) is 11.0. The summed E-state index contributed by atoms with van der Waals surface area (Å²) in [6.45, 7) is -1.44. The van der Waals surface area contributed by atoms with Crippen molar-refractivity contribution in [3.05, 3.63) is 89.8 Å². The molecule has 0 fully saturated rings. The van der Waals surface area contributed by atoms with Crippen molar-refractivity contribution in [1.82, 2.24) is 15.3 Å². The van der Waals surface area contributed by atoms with Gasteiger partial charge in [0, 0.05) is 29.3 Å². The second-order valence-electron chi connectivity index (χ2n) is 9.11. The Kier molecular flexibility index (Phi) is 7.36. The third-order valence-corrected chi connectivity index (χ3v) is 6.31. The van der Waals surface area contributed by atoms with Gasteiger partial charge in [-0.2, -0.15) is 13.2 Å². The van der Waals surface area contributed by atoms with Crippen molar-refractivity contribution in [3.63, 3.8) is 0 Å². The summed E-state index contributed by atoms with van der Waals surface area (Å²) < 4.78 is 48.0. The molecular weight excluding hydrogens is 509 g/mol. The number of aromatic nitrogens is 2. The molecule has 1 heterocycles. The van der Waals surface area contributed by atoms with Crippen LogP contribution in [-0.4, -0.2) is 41.8 Å². The zero-order valence-corrected chi connectivity index (χ0v) is 21.0. The van der Waals surface area contributed by atoms with E-state index >= 15 is 0 Å². The Hall–Kier alpha value is -4.60. The highest BCUT2D eigenvalue weighted by molar-refractivity contribution is 5.93. The van der Waals surface area contributed by atoms with Gasteiger partial charge in [-0.05, 0) is 53.8 Å². The number of halogens is 3. The predicted octanol–water partition coefficient (Wildman–Crippen LogP) is 5.62. The first-order valence-corrected chi connectivity index (χ1v) is 12.2. The van der Waals surface area contributed by atoms with E-state index in [1.807, 2.05) is 36.4 Å². The van der Waals surface area contributed by atoms with Crippen molar-refractivity contribution in [3.8, 4) is 11.5 Å². The molecule has 0 saturated heterocycles. The number of alkyl halides is 3.